The molecule has 3 rings (SSSR count). The molecule has 1 saturated heterocycles. The number of rotatable bonds is 5. The molecule has 0 spiro atoms. The molecule has 0 radical (unpaired) electrons. The van der Waals surface area contributed by atoms with Crippen molar-refractivity contribution in [2.75, 3.05) is 26.2 Å². The molecule has 1 amide bonds. The molecule has 2 atom stereocenters. The van der Waals surface area contributed by atoms with Crippen molar-refractivity contribution in [3.63, 3.8) is 0 Å². The van der Waals surface area contributed by atoms with E-state index in [-0.39, 0.29) is 0 Å². The lowest BCUT2D eigenvalue weighted by Gasteiger charge is -2.36. The van der Waals surface area contributed by atoms with Crippen molar-refractivity contribution in [2.45, 2.75) is 57.7 Å². The molecule has 2 aliphatic carbocycles. The van der Waals surface area contributed by atoms with Crippen LogP contribution in [0.1, 0.15) is 39.5 Å². The quantitative estimate of drug-likeness (QED) is 0.808. The first-order valence-electron chi connectivity index (χ1n) is 7.92. The topological polar surface area (TPSA) is 35.6 Å². The Kier molecular flexibility index (Phi) is 3.81. The van der Waals surface area contributed by atoms with Crippen LogP contribution in [-0.4, -0.2) is 60.0 Å². The van der Waals surface area contributed by atoms with Crippen molar-refractivity contribution >= 4 is 5.91 Å². The number of hydrogen-bond donors (Lipinski definition) is 1. The molecule has 1 heterocycles. The molecule has 3 fully saturated rings. The maximum Gasteiger partial charge on any atom is 0.237 e. The number of hydrogen-bond acceptors (Lipinski definition) is 3. The van der Waals surface area contributed by atoms with E-state index in [9.17, 15) is 4.79 Å². The molecule has 0 bridgehead atoms. The summed E-state index contributed by atoms with van der Waals surface area (Å²) in [5.41, 5.74) is 0. The molecular formula is C15H27N3O. The number of piperazine rings is 1. The van der Waals surface area contributed by atoms with E-state index in [4.69, 9.17) is 0 Å². The van der Waals surface area contributed by atoms with Gasteiger partial charge in [0.25, 0.3) is 0 Å². The molecule has 19 heavy (non-hydrogen) atoms. The minimum atomic E-state index is 0.371. The van der Waals surface area contributed by atoms with Crippen LogP contribution >= 0.6 is 0 Å². The van der Waals surface area contributed by atoms with Crippen LogP contribution < -0.4 is 5.32 Å². The van der Waals surface area contributed by atoms with Gasteiger partial charge < -0.3 is 10.2 Å². The fourth-order valence-corrected chi connectivity index (χ4v) is 3.30. The molecule has 1 aliphatic heterocycles. The Morgan fingerprint density at radius 1 is 1.37 bits per heavy atom. The minimum Gasteiger partial charge on any atom is -0.336 e. The Morgan fingerprint density at radius 2 is 2.11 bits per heavy atom. The van der Waals surface area contributed by atoms with Gasteiger partial charge >= 0.3 is 0 Å². The van der Waals surface area contributed by atoms with Crippen LogP contribution in [0.3, 0.4) is 0 Å². The number of carbonyl (C=O) groups excluding carboxylic acids is 1. The second kappa shape index (κ2) is 5.41. The molecule has 4 nitrogen and oxygen atoms in total. The van der Waals surface area contributed by atoms with Gasteiger partial charge in [-0.3, -0.25) is 9.69 Å². The summed E-state index contributed by atoms with van der Waals surface area (Å²) >= 11 is 0. The van der Waals surface area contributed by atoms with Gasteiger partial charge in [-0.15, -0.1) is 0 Å². The van der Waals surface area contributed by atoms with E-state index in [0.29, 0.717) is 30.6 Å². The summed E-state index contributed by atoms with van der Waals surface area (Å²) < 4.78 is 0. The second-order valence-corrected chi connectivity index (χ2v) is 6.63. The minimum absolute atomic E-state index is 0.371. The molecule has 2 saturated carbocycles. The SMILES string of the molecule is CC(C1CC1)N(C(=O)CN1CCNC[C@H]1C)C1CC1. The first-order chi connectivity index (χ1) is 9.16. The number of amides is 1. The Bertz CT molecular complexity index is 338. The van der Waals surface area contributed by atoms with E-state index in [1.54, 1.807) is 0 Å². The van der Waals surface area contributed by atoms with Crippen molar-refractivity contribution in [3.05, 3.63) is 0 Å². The summed E-state index contributed by atoms with van der Waals surface area (Å²) in [6.45, 7) is 8.12. The number of nitrogens with one attached hydrogen (secondary N) is 1. The summed E-state index contributed by atoms with van der Waals surface area (Å²) in [6.07, 6.45) is 5.09. The summed E-state index contributed by atoms with van der Waals surface area (Å²) in [4.78, 5) is 17.2. The maximum atomic E-state index is 12.7. The van der Waals surface area contributed by atoms with Gasteiger partial charge in [-0.2, -0.15) is 0 Å². The zero-order valence-corrected chi connectivity index (χ0v) is 12.3. The van der Waals surface area contributed by atoms with E-state index in [0.717, 1.165) is 25.6 Å². The van der Waals surface area contributed by atoms with Crippen LogP contribution in [0.2, 0.25) is 0 Å². The largest absolute Gasteiger partial charge is 0.336 e. The zero-order chi connectivity index (χ0) is 13.4. The van der Waals surface area contributed by atoms with Crippen LogP contribution in [-0.2, 0) is 4.79 Å². The number of nitrogens with zero attached hydrogens (tertiary/aromatic N) is 2. The van der Waals surface area contributed by atoms with Gasteiger partial charge in [0, 0.05) is 37.8 Å². The van der Waals surface area contributed by atoms with Crippen LogP contribution in [0, 0.1) is 5.92 Å². The lowest BCUT2D eigenvalue weighted by Crippen LogP contribution is -2.54. The molecule has 108 valence electrons. The monoisotopic (exact) mass is 265 g/mol. The van der Waals surface area contributed by atoms with Crippen LogP contribution in [0.5, 0.6) is 0 Å². The fraction of sp³-hybridized carbons (Fsp3) is 0.933. The summed E-state index contributed by atoms with van der Waals surface area (Å²) in [5.74, 6) is 1.15. The average molecular weight is 265 g/mol. The third-order valence-electron chi connectivity index (χ3n) is 4.95. The zero-order valence-electron chi connectivity index (χ0n) is 12.3. The molecule has 1 N–H and O–H groups in total. The number of carbonyl (C=O) groups is 1. The van der Waals surface area contributed by atoms with Crippen LogP contribution in [0.15, 0.2) is 0 Å². The molecule has 3 aliphatic rings. The third-order valence-corrected chi connectivity index (χ3v) is 4.95. The van der Waals surface area contributed by atoms with Crippen molar-refractivity contribution < 1.29 is 4.79 Å². The summed E-state index contributed by atoms with van der Waals surface area (Å²) in [6, 6.07) is 1.51. The molecule has 0 aromatic heterocycles. The van der Waals surface area contributed by atoms with E-state index in [2.05, 4.69) is 29.0 Å². The van der Waals surface area contributed by atoms with Gasteiger partial charge in [0.15, 0.2) is 0 Å². The highest BCUT2D eigenvalue weighted by Gasteiger charge is 2.42. The molecule has 1 unspecified atom stereocenters. The molecular weight excluding hydrogens is 238 g/mol. The molecule has 4 heteroatoms. The highest BCUT2D eigenvalue weighted by Crippen LogP contribution is 2.39. The molecule has 0 aromatic rings. The lowest BCUT2D eigenvalue weighted by atomic mass is 10.1. The van der Waals surface area contributed by atoms with Crippen molar-refractivity contribution in [1.82, 2.24) is 15.1 Å². The van der Waals surface area contributed by atoms with Crippen molar-refractivity contribution in [3.8, 4) is 0 Å². The lowest BCUT2D eigenvalue weighted by molar-refractivity contribution is -0.136. The van der Waals surface area contributed by atoms with Crippen molar-refractivity contribution in [1.29, 1.82) is 0 Å². The van der Waals surface area contributed by atoms with Crippen LogP contribution in [0.4, 0.5) is 0 Å². The van der Waals surface area contributed by atoms with Gasteiger partial charge in [0.05, 0.1) is 6.54 Å². The van der Waals surface area contributed by atoms with E-state index in [1.807, 2.05) is 0 Å². The Balaban J connectivity index is 1.59. The van der Waals surface area contributed by atoms with Gasteiger partial charge in [0.2, 0.25) is 5.91 Å². The van der Waals surface area contributed by atoms with Gasteiger partial charge in [-0.1, -0.05) is 0 Å². The first-order valence-corrected chi connectivity index (χ1v) is 7.92. The normalized spacial score (nSPS) is 30.1. The highest BCUT2D eigenvalue weighted by molar-refractivity contribution is 5.79. The van der Waals surface area contributed by atoms with E-state index >= 15 is 0 Å². The van der Waals surface area contributed by atoms with Crippen LogP contribution in [0.25, 0.3) is 0 Å². The predicted molar refractivity (Wildman–Crippen MR) is 76.0 cm³/mol. The van der Waals surface area contributed by atoms with Gasteiger partial charge in [-0.05, 0) is 45.4 Å². The standard InChI is InChI=1S/C15H27N3O/c1-11-9-16-7-8-17(11)10-15(19)18(14-5-6-14)12(2)13-3-4-13/h11-14,16H,3-10H2,1-2H3/t11-,12?/m1/s1. The molecule has 0 aromatic carbocycles. The van der Waals surface area contributed by atoms with E-state index in [1.165, 1.54) is 25.7 Å². The van der Waals surface area contributed by atoms with Gasteiger partial charge in [0.1, 0.15) is 0 Å². The first kappa shape index (κ1) is 13.4. The Labute approximate surface area is 116 Å². The predicted octanol–water partition coefficient (Wildman–Crippen LogP) is 1.07. The second-order valence-electron chi connectivity index (χ2n) is 6.63. The highest BCUT2D eigenvalue weighted by atomic mass is 16.2. The Morgan fingerprint density at radius 3 is 2.68 bits per heavy atom. The van der Waals surface area contributed by atoms with Gasteiger partial charge in [-0.25, -0.2) is 0 Å². The fourth-order valence-electron chi connectivity index (χ4n) is 3.30. The Hall–Kier alpha value is -0.610. The van der Waals surface area contributed by atoms with E-state index < -0.39 is 0 Å². The maximum absolute atomic E-state index is 12.7. The summed E-state index contributed by atoms with van der Waals surface area (Å²) in [5, 5.41) is 3.39. The average Bonchev–Trinajstić information content (AvgIpc) is 3.26. The smallest absolute Gasteiger partial charge is 0.237 e. The third kappa shape index (κ3) is 3.11. The van der Waals surface area contributed by atoms with Crippen molar-refractivity contribution in [2.24, 2.45) is 5.92 Å². The summed E-state index contributed by atoms with van der Waals surface area (Å²) in [7, 11) is 0.